The van der Waals surface area contributed by atoms with Gasteiger partial charge in [0.05, 0.1) is 5.69 Å². The first-order valence-corrected chi connectivity index (χ1v) is 6.60. The predicted molar refractivity (Wildman–Crippen MR) is 72.2 cm³/mol. The standard InChI is InChI=1S/C13H22N4O2/c1-9-13(10(2)17(4)15-9)19-8-12(18)16(3)11-5-6-14-7-11/h11,14H,5-8H2,1-4H3/t11-/m1/s1. The summed E-state index contributed by atoms with van der Waals surface area (Å²) in [4.78, 5) is 13.9. The number of ether oxygens (including phenoxy) is 1. The van der Waals surface area contributed by atoms with Crippen LogP contribution in [0.15, 0.2) is 0 Å². The minimum Gasteiger partial charge on any atom is -0.480 e. The molecule has 0 radical (unpaired) electrons. The normalized spacial score (nSPS) is 18.6. The summed E-state index contributed by atoms with van der Waals surface area (Å²) in [6.07, 6.45) is 1.01. The van der Waals surface area contributed by atoms with Crippen molar-refractivity contribution in [2.24, 2.45) is 7.05 Å². The molecule has 1 fully saturated rings. The van der Waals surface area contributed by atoms with E-state index in [-0.39, 0.29) is 18.6 Å². The predicted octanol–water partition coefficient (Wildman–Crippen LogP) is 0.236. The van der Waals surface area contributed by atoms with Gasteiger partial charge in [-0.2, -0.15) is 5.10 Å². The minimum atomic E-state index is 0.0105. The fourth-order valence-corrected chi connectivity index (χ4v) is 2.37. The summed E-state index contributed by atoms with van der Waals surface area (Å²) >= 11 is 0. The molecule has 1 atom stereocenters. The molecule has 6 nitrogen and oxygen atoms in total. The lowest BCUT2D eigenvalue weighted by atomic mass is 10.2. The van der Waals surface area contributed by atoms with Crippen LogP contribution in [0.25, 0.3) is 0 Å². The summed E-state index contributed by atoms with van der Waals surface area (Å²) in [5.41, 5.74) is 1.76. The van der Waals surface area contributed by atoms with E-state index in [9.17, 15) is 4.79 Å². The highest BCUT2D eigenvalue weighted by molar-refractivity contribution is 5.78. The van der Waals surface area contributed by atoms with Crippen molar-refractivity contribution in [3.63, 3.8) is 0 Å². The molecule has 1 aromatic heterocycles. The molecule has 0 saturated carbocycles. The number of hydrogen-bond donors (Lipinski definition) is 1. The maximum atomic E-state index is 12.1. The summed E-state index contributed by atoms with van der Waals surface area (Å²) in [6, 6.07) is 0.284. The molecule has 0 aromatic carbocycles. The van der Waals surface area contributed by atoms with Crippen molar-refractivity contribution >= 4 is 5.91 Å². The number of carbonyl (C=O) groups excluding carboxylic acids is 1. The highest BCUT2D eigenvalue weighted by Gasteiger charge is 2.23. The molecule has 1 aromatic rings. The van der Waals surface area contributed by atoms with Crippen molar-refractivity contribution in [2.45, 2.75) is 26.3 Å². The quantitative estimate of drug-likeness (QED) is 0.848. The van der Waals surface area contributed by atoms with E-state index in [1.165, 1.54) is 0 Å². The van der Waals surface area contributed by atoms with Gasteiger partial charge in [-0.25, -0.2) is 0 Å². The summed E-state index contributed by atoms with van der Waals surface area (Å²) in [5.74, 6) is 0.727. The average Bonchev–Trinajstić information content (AvgIpc) is 2.97. The van der Waals surface area contributed by atoms with Crippen LogP contribution in [0, 0.1) is 13.8 Å². The van der Waals surface area contributed by atoms with Gasteiger partial charge in [0.15, 0.2) is 12.4 Å². The Balaban J connectivity index is 1.92. The van der Waals surface area contributed by atoms with Crippen LogP contribution < -0.4 is 10.1 Å². The third-order valence-electron chi connectivity index (χ3n) is 3.76. The van der Waals surface area contributed by atoms with Crippen molar-refractivity contribution in [1.82, 2.24) is 20.0 Å². The SMILES string of the molecule is Cc1nn(C)c(C)c1OCC(=O)N(C)[C@@H]1CCNC1. The Hall–Kier alpha value is -1.56. The Morgan fingerprint density at radius 3 is 2.84 bits per heavy atom. The topological polar surface area (TPSA) is 59.4 Å². The smallest absolute Gasteiger partial charge is 0.260 e. The highest BCUT2D eigenvalue weighted by atomic mass is 16.5. The van der Waals surface area contributed by atoms with Gasteiger partial charge in [0.25, 0.3) is 5.91 Å². The van der Waals surface area contributed by atoms with E-state index in [1.54, 1.807) is 9.58 Å². The lowest BCUT2D eigenvalue weighted by molar-refractivity contribution is -0.133. The van der Waals surface area contributed by atoms with Crippen molar-refractivity contribution in [2.75, 3.05) is 26.7 Å². The first-order chi connectivity index (χ1) is 9.00. The van der Waals surface area contributed by atoms with E-state index >= 15 is 0 Å². The van der Waals surface area contributed by atoms with E-state index in [2.05, 4.69) is 10.4 Å². The minimum absolute atomic E-state index is 0.0105. The molecule has 106 valence electrons. The average molecular weight is 266 g/mol. The van der Waals surface area contributed by atoms with E-state index in [1.807, 2.05) is 27.9 Å². The lowest BCUT2D eigenvalue weighted by Gasteiger charge is -2.23. The molecule has 2 rings (SSSR count). The largest absolute Gasteiger partial charge is 0.480 e. The Morgan fingerprint density at radius 1 is 1.58 bits per heavy atom. The second kappa shape index (κ2) is 5.61. The molecular weight excluding hydrogens is 244 g/mol. The maximum absolute atomic E-state index is 12.1. The van der Waals surface area contributed by atoms with Crippen molar-refractivity contribution < 1.29 is 9.53 Å². The summed E-state index contributed by atoms with van der Waals surface area (Å²) in [7, 11) is 3.71. The van der Waals surface area contributed by atoms with Crippen LogP contribution in [0.2, 0.25) is 0 Å². The molecule has 0 spiro atoms. The molecule has 1 N–H and O–H groups in total. The Labute approximate surface area is 113 Å². The molecule has 1 amide bonds. The summed E-state index contributed by atoms with van der Waals surface area (Å²) in [6.45, 7) is 5.74. The number of carbonyl (C=O) groups is 1. The van der Waals surface area contributed by atoms with Crippen LogP contribution >= 0.6 is 0 Å². The van der Waals surface area contributed by atoms with Crippen molar-refractivity contribution in [1.29, 1.82) is 0 Å². The molecule has 0 unspecified atom stereocenters. The van der Waals surface area contributed by atoms with Crippen LogP contribution in [0.1, 0.15) is 17.8 Å². The number of rotatable bonds is 4. The van der Waals surface area contributed by atoms with Gasteiger partial charge in [-0.05, 0) is 26.8 Å². The van der Waals surface area contributed by atoms with Gasteiger partial charge in [-0.15, -0.1) is 0 Å². The van der Waals surface area contributed by atoms with E-state index in [4.69, 9.17) is 4.74 Å². The summed E-state index contributed by atoms with van der Waals surface area (Å²) in [5, 5.41) is 7.52. The van der Waals surface area contributed by atoms with Gasteiger partial charge in [0, 0.05) is 26.7 Å². The third kappa shape index (κ3) is 2.89. The van der Waals surface area contributed by atoms with Gasteiger partial charge in [-0.1, -0.05) is 0 Å². The fourth-order valence-electron chi connectivity index (χ4n) is 2.37. The first-order valence-electron chi connectivity index (χ1n) is 6.60. The molecule has 0 aliphatic carbocycles. The second-order valence-corrected chi connectivity index (χ2v) is 5.06. The molecule has 0 bridgehead atoms. The molecule has 1 aliphatic rings. The van der Waals surface area contributed by atoms with E-state index < -0.39 is 0 Å². The van der Waals surface area contributed by atoms with Crippen LogP contribution in [0.5, 0.6) is 5.75 Å². The number of hydrogen-bond acceptors (Lipinski definition) is 4. The number of likely N-dealkylation sites (N-methyl/N-ethyl adjacent to an activating group) is 1. The molecule has 19 heavy (non-hydrogen) atoms. The van der Waals surface area contributed by atoms with Crippen molar-refractivity contribution in [3.8, 4) is 5.75 Å². The summed E-state index contributed by atoms with van der Waals surface area (Å²) < 4.78 is 7.40. The number of amides is 1. The zero-order valence-electron chi connectivity index (χ0n) is 12.1. The molecule has 1 aliphatic heterocycles. The van der Waals surface area contributed by atoms with Crippen LogP contribution in [-0.2, 0) is 11.8 Å². The Bertz CT molecular complexity index is 463. The molecule has 1 saturated heterocycles. The van der Waals surface area contributed by atoms with Crippen LogP contribution in [0.3, 0.4) is 0 Å². The third-order valence-corrected chi connectivity index (χ3v) is 3.76. The zero-order chi connectivity index (χ0) is 14.0. The maximum Gasteiger partial charge on any atom is 0.260 e. The highest BCUT2D eigenvalue weighted by Crippen LogP contribution is 2.21. The number of nitrogens with one attached hydrogen (secondary N) is 1. The monoisotopic (exact) mass is 266 g/mol. The van der Waals surface area contributed by atoms with Gasteiger partial charge < -0.3 is 15.0 Å². The number of aryl methyl sites for hydroxylation is 2. The molecule has 2 heterocycles. The van der Waals surface area contributed by atoms with Gasteiger partial charge in [0.2, 0.25) is 0 Å². The Morgan fingerprint density at radius 2 is 2.32 bits per heavy atom. The van der Waals surface area contributed by atoms with Crippen LogP contribution in [-0.4, -0.2) is 53.4 Å². The fraction of sp³-hybridized carbons (Fsp3) is 0.692. The second-order valence-electron chi connectivity index (χ2n) is 5.06. The lowest BCUT2D eigenvalue weighted by Crippen LogP contribution is -2.41. The van der Waals surface area contributed by atoms with Gasteiger partial charge in [0.1, 0.15) is 5.69 Å². The van der Waals surface area contributed by atoms with Crippen LogP contribution in [0.4, 0.5) is 0 Å². The Kier molecular flexibility index (Phi) is 4.09. The first kappa shape index (κ1) is 13.9. The van der Waals surface area contributed by atoms with Gasteiger partial charge in [-0.3, -0.25) is 9.48 Å². The zero-order valence-corrected chi connectivity index (χ0v) is 12.1. The number of nitrogens with zero attached hydrogens (tertiary/aromatic N) is 3. The van der Waals surface area contributed by atoms with E-state index in [0.717, 1.165) is 30.9 Å². The number of aromatic nitrogens is 2. The molecular formula is C13H22N4O2. The van der Waals surface area contributed by atoms with Crippen molar-refractivity contribution in [3.05, 3.63) is 11.4 Å². The van der Waals surface area contributed by atoms with Gasteiger partial charge >= 0.3 is 0 Å². The molecule has 6 heteroatoms. The van der Waals surface area contributed by atoms with E-state index in [0.29, 0.717) is 5.75 Å².